The molecule has 0 aromatic heterocycles. The van der Waals surface area contributed by atoms with Crippen molar-refractivity contribution in [2.75, 3.05) is 13.2 Å². The summed E-state index contributed by atoms with van der Waals surface area (Å²) in [5.41, 5.74) is 1.58. The third-order valence-corrected chi connectivity index (χ3v) is 6.44. The van der Waals surface area contributed by atoms with Gasteiger partial charge in [-0.05, 0) is 37.1 Å². The van der Waals surface area contributed by atoms with Gasteiger partial charge in [-0.15, -0.1) is 0 Å². The Labute approximate surface area is 160 Å². The molecular weight excluding hydrogens is 366 g/mol. The van der Waals surface area contributed by atoms with Crippen LogP contribution in [0, 0.1) is 0 Å². The largest absolute Gasteiger partial charge is 0.486 e. The highest BCUT2D eigenvalue weighted by Gasteiger charge is 2.34. The highest BCUT2D eigenvalue weighted by molar-refractivity contribution is 7.90. The van der Waals surface area contributed by atoms with Gasteiger partial charge in [0.1, 0.15) is 18.0 Å². The first-order valence-electron chi connectivity index (χ1n) is 8.95. The van der Waals surface area contributed by atoms with E-state index in [9.17, 15) is 13.5 Å². The van der Waals surface area contributed by atoms with Gasteiger partial charge in [-0.2, -0.15) is 0 Å². The molecule has 0 aliphatic carbocycles. The van der Waals surface area contributed by atoms with E-state index in [0.717, 1.165) is 11.1 Å². The predicted octanol–water partition coefficient (Wildman–Crippen LogP) is 2.24. The molecule has 0 amide bonds. The molecule has 3 rings (SSSR count). The number of hydrogen-bond donors (Lipinski definition) is 2. The van der Waals surface area contributed by atoms with Crippen LogP contribution in [0.4, 0.5) is 0 Å². The van der Waals surface area contributed by atoms with Gasteiger partial charge in [0.25, 0.3) is 0 Å². The Balaban J connectivity index is 1.65. The van der Waals surface area contributed by atoms with Gasteiger partial charge in [0.15, 0.2) is 0 Å². The number of nitrogens with one attached hydrogen (secondary N) is 1. The van der Waals surface area contributed by atoms with E-state index in [-0.39, 0.29) is 6.61 Å². The highest BCUT2D eigenvalue weighted by Crippen LogP contribution is 2.25. The molecule has 0 saturated carbocycles. The van der Waals surface area contributed by atoms with Crippen LogP contribution in [-0.2, 0) is 14.8 Å². The molecule has 3 unspecified atom stereocenters. The molecule has 1 saturated heterocycles. The smallest absolute Gasteiger partial charge is 0.214 e. The van der Waals surface area contributed by atoms with Crippen LogP contribution < -0.4 is 9.46 Å². The average molecular weight is 391 g/mol. The van der Waals surface area contributed by atoms with E-state index >= 15 is 0 Å². The second-order valence-electron chi connectivity index (χ2n) is 6.89. The number of benzene rings is 2. The van der Waals surface area contributed by atoms with Crippen molar-refractivity contribution < 1.29 is 23.0 Å². The van der Waals surface area contributed by atoms with Crippen molar-refractivity contribution in [3.8, 4) is 5.75 Å². The highest BCUT2D eigenvalue weighted by atomic mass is 32.2. The quantitative estimate of drug-likeness (QED) is 0.756. The van der Waals surface area contributed by atoms with Crippen LogP contribution >= 0.6 is 0 Å². The summed E-state index contributed by atoms with van der Waals surface area (Å²) in [6.45, 7) is 3.86. The van der Waals surface area contributed by atoms with Crippen molar-refractivity contribution >= 4 is 10.0 Å². The fourth-order valence-corrected chi connectivity index (χ4v) is 3.75. The average Bonchev–Trinajstić information content (AvgIpc) is 3.08. The number of sulfonamides is 1. The minimum Gasteiger partial charge on any atom is -0.486 e. The lowest BCUT2D eigenvalue weighted by atomic mass is 10.0. The number of ether oxygens (including phenoxy) is 2. The van der Waals surface area contributed by atoms with E-state index in [2.05, 4.69) is 4.72 Å². The van der Waals surface area contributed by atoms with E-state index in [1.54, 1.807) is 38.1 Å². The molecule has 146 valence electrons. The fourth-order valence-electron chi connectivity index (χ4n) is 2.84. The molecular formula is C20H25NO5S. The van der Waals surface area contributed by atoms with Gasteiger partial charge in [0, 0.05) is 0 Å². The molecule has 2 N–H and O–H groups in total. The van der Waals surface area contributed by atoms with Crippen molar-refractivity contribution in [3.63, 3.8) is 0 Å². The molecule has 27 heavy (non-hydrogen) atoms. The lowest BCUT2D eigenvalue weighted by molar-refractivity contribution is 0.140. The maximum absolute atomic E-state index is 12.1. The van der Waals surface area contributed by atoms with E-state index in [1.807, 2.05) is 30.3 Å². The monoisotopic (exact) mass is 391 g/mol. The third kappa shape index (κ3) is 4.87. The molecule has 6 nitrogen and oxygen atoms in total. The van der Waals surface area contributed by atoms with Gasteiger partial charge in [-0.25, -0.2) is 13.1 Å². The van der Waals surface area contributed by atoms with Crippen LogP contribution in [-0.4, -0.2) is 44.1 Å². The summed E-state index contributed by atoms with van der Waals surface area (Å²) in [5.74, 6) is 0.600. The molecule has 2 aromatic carbocycles. The van der Waals surface area contributed by atoms with E-state index in [0.29, 0.717) is 12.4 Å². The third-order valence-electron chi connectivity index (χ3n) is 4.56. The molecule has 1 fully saturated rings. The molecule has 0 spiro atoms. The number of hydrogen-bond acceptors (Lipinski definition) is 5. The van der Waals surface area contributed by atoms with Crippen LogP contribution in [0.1, 0.15) is 31.1 Å². The zero-order valence-corrected chi connectivity index (χ0v) is 16.2. The summed E-state index contributed by atoms with van der Waals surface area (Å²) in [6.07, 6.45) is -1.11. The summed E-state index contributed by atoms with van der Waals surface area (Å²) in [4.78, 5) is 0. The molecule has 1 aliphatic rings. The van der Waals surface area contributed by atoms with Crippen LogP contribution in [0.25, 0.3) is 0 Å². The molecule has 1 aliphatic heterocycles. The van der Waals surface area contributed by atoms with Gasteiger partial charge in [0.2, 0.25) is 10.0 Å². The summed E-state index contributed by atoms with van der Waals surface area (Å²) >= 11 is 0. The van der Waals surface area contributed by atoms with Crippen molar-refractivity contribution in [2.45, 2.75) is 37.3 Å². The zero-order chi connectivity index (χ0) is 19.4. The van der Waals surface area contributed by atoms with Gasteiger partial charge < -0.3 is 14.6 Å². The molecule has 1 heterocycles. The Kier molecular flexibility index (Phi) is 6.16. The minimum absolute atomic E-state index is 0.279. The van der Waals surface area contributed by atoms with E-state index in [1.165, 1.54) is 0 Å². The van der Waals surface area contributed by atoms with Gasteiger partial charge in [0.05, 0.1) is 24.5 Å². The van der Waals surface area contributed by atoms with Crippen molar-refractivity contribution in [1.82, 2.24) is 4.72 Å². The number of aliphatic hydroxyl groups is 1. The molecule has 2 aromatic rings. The molecule has 0 bridgehead atoms. The van der Waals surface area contributed by atoms with Crippen molar-refractivity contribution in [2.24, 2.45) is 0 Å². The summed E-state index contributed by atoms with van der Waals surface area (Å²) in [6, 6.07) is 16.1. The lowest BCUT2D eigenvalue weighted by Crippen LogP contribution is -2.47. The first-order chi connectivity index (χ1) is 12.9. The van der Waals surface area contributed by atoms with Crippen LogP contribution in [0.3, 0.4) is 0 Å². The predicted molar refractivity (Wildman–Crippen MR) is 103 cm³/mol. The standard InChI is InChI=1S/C20H25NO5S/c1-14(2)27(23,24)21-18-12-25-13-19(18)26-17-10-8-16(9-11-17)20(22)15-6-4-3-5-7-15/h3-11,14,18-22H,12-13H2,1-2H3. The lowest BCUT2D eigenvalue weighted by Gasteiger charge is -2.22. The van der Waals surface area contributed by atoms with Gasteiger partial charge in [-0.3, -0.25) is 0 Å². The van der Waals surface area contributed by atoms with Gasteiger partial charge in [-0.1, -0.05) is 42.5 Å². The second kappa shape index (κ2) is 8.39. The van der Waals surface area contributed by atoms with Crippen LogP contribution in [0.5, 0.6) is 5.75 Å². The van der Waals surface area contributed by atoms with Crippen LogP contribution in [0.15, 0.2) is 54.6 Å². The Morgan fingerprint density at radius 2 is 1.67 bits per heavy atom. The Bertz CT molecular complexity index is 836. The molecule has 7 heteroatoms. The Morgan fingerprint density at radius 1 is 1.04 bits per heavy atom. The van der Waals surface area contributed by atoms with Crippen LogP contribution in [0.2, 0.25) is 0 Å². The Hall–Kier alpha value is -1.93. The Morgan fingerprint density at radius 3 is 2.30 bits per heavy atom. The topological polar surface area (TPSA) is 84.9 Å². The summed E-state index contributed by atoms with van der Waals surface area (Å²) < 4.78 is 38.2. The maximum Gasteiger partial charge on any atom is 0.214 e. The minimum atomic E-state index is -3.40. The zero-order valence-electron chi connectivity index (χ0n) is 15.4. The van der Waals surface area contributed by atoms with E-state index < -0.39 is 33.5 Å². The van der Waals surface area contributed by atoms with E-state index in [4.69, 9.17) is 9.47 Å². The second-order valence-corrected chi connectivity index (χ2v) is 9.16. The summed E-state index contributed by atoms with van der Waals surface area (Å²) in [7, 11) is -3.40. The number of rotatable bonds is 7. The van der Waals surface area contributed by atoms with Gasteiger partial charge >= 0.3 is 0 Å². The normalized spacial score (nSPS) is 21.3. The first kappa shape index (κ1) is 19.8. The fraction of sp³-hybridized carbons (Fsp3) is 0.400. The molecule has 3 atom stereocenters. The summed E-state index contributed by atoms with van der Waals surface area (Å²) in [5, 5.41) is 9.93. The van der Waals surface area contributed by atoms with Crippen molar-refractivity contribution in [3.05, 3.63) is 65.7 Å². The first-order valence-corrected chi connectivity index (χ1v) is 10.5. The SMILES string of the molecule is CC(C)S(=O)(=O)NC1COCC1Oc1ccc(C(O)c2ccccc2)cc1. The molecule has 0 radical (unpaired) electrons. The maximum atomic E-state index is 12.1. The number of aliphatic hydroxyl groups excluding tert-OH is 1. The van der Waals surface area contributed by atoms with Crippen molar-refractivity contribution in [1.29, 1.82) is 0 Å².